The van der Waals surface area contributed by atoms with Crippen LogP contribution < -0.4 is 15.4 Å². The number of amides is 2. The molecule has 0 atom stereocenters. The molecule has 0 aromatic heterocycles. The Morgan fingerprint density at radius 2 is 1.67 bits per heavy atom. The van der Waals surface area contributed by atoms with Crippen molar-refractivity contribution in [1.82, 2.24) is 4.90 Å². The lowest BCUT2D eigenvalue weighted by Crippen LogP contribution is -2.37. The van der Waals surface area contributed by atoms with Crippen LogP contribution in [0.1, 0.15) is 29.6 Å². The second-order valence-electron chi connectivity index (χ2n) is 6.61. The van der Waals surface area contributed by atoms with E-state index in [4.69, 9.17) is 4.74 Å². The van der Waals surface area contributed by atoms with Gasteiger partial charge in [-0.15, -0.1) is 0 Å². The number of likely N-dealkylation sites (tertiary alicyclic amines) is 1. The number of hydrogen-bond acceptors (Lipinski definition) is 4. The number of piperidine rings is 1. The molecule has 6 nitrogen and oxygen atoms in total. The fourth-order valence-electron chi connectivity index (χ4n) is 3.17. The molecule has 3 rings (SSSR count). The average molecular weight is 367 g/mol. The van der Waals surface area contributed by atoms with E-state index in [2.05, 4.69) is 15.5 Å². The molecule has 142 valence electrons. The Kier molecular flexibility index (Phi) is 6.44. The molecule has 0 saturated carbocycles. The first-order valence-corrected chi connectivity index (χ1v) is 9.22. The van der Waals surface area contributed by atoms with Crippen molar-refractivity contribution in [1.29, 1.82) is 0 Å². The van der Waals surface area contributed by atoms with E-state index in [0.29, 0.717) is 23.5 Å². The van der Waals surface area contributed by atoms with Crippen molar-refractivity contribution in [2.75, 3.05) is 37.4 Å². The molecule has 0 bridgehead atoms. The Hall–Kier alpha value is -2.86. The maximum atomic E-state index is 12.7. The van der Waals surface area contributed by atoms with Crippen LogP contribution in [0, 0.1) is 0 Å². The molecular formula is C21H25N3O3. The number of carbonyl (C=O) groups excluding carboxylic acids is 2. The summed E-state index contributed by atoms with van der Waals surface area (Å²) in [5.74, 6) is 0.356. The number of benzene rings is 2. The Bertz CT molecular complexity index is 784. The van der Waals surface area contributed by atoms with Crippen molar-refractivity contribution >= 4 is 23.2 Å². The molecule has 1 aliphatic heterocycles. The van der Waals surface area contributed by atoms with Crippen molar-refractivity contribution in [2.45, 2.75) is 19.3 Å². The van der Waals surface area contributed by atoms with E-state index in [0.717, 1.165) is 31.7 Å². The summed E-state index contributed by atoms with van der Waals surface area (Å²) in [5, 5.41) is 5.73. The van der Waals surface area contributed by atoms with Crippen LogP contribution in [0.25, 0.3) is 0 Å². The SMILES string of the molecule is COc1ccc(NC(=O)c2ccccc2NC(=O)CN2CCCCC2)cc1. The van der Waals surface area contributed by atoms with Gasteiger partial charge in [-0.3, -0.25) is 14.5 Å². The smallest absolute Gasteiger partial charge is 0.257 e. The summed E-state index contributed by atoms with van der Waals surface area (Å²) in [7, 11) is 1.59. The molecule has 2 aromatic carbocycles. The highest BCUT2D eigenvalue weighted by Gasteiger charge is 2.17. The van der Waals surface area contributed by atoms with Crippen LogP contribution in [0.2, 0.25) is 0 Å². The average Bonchev–Trinajstić information content (AvgIpc) is 2.69. The third-order valence-corrected chi connectivity index (χ3v) is 4.61. The summed E-state index contributed by atoms with van der Waals surface area (Å²) in [6.45, 7) is 2.26. The number of nitrogens with one attached hydrogen (secondary N) is 2. The number of rotatable bonds is 6. The highest BCUT2D eigenvalue weighted by atomic mass is 16.5. The summed E-state index contributed by atoms with van der Waals surface area (Å²) in [5.41, 5.74) is 1.61. The zero-order valence-corrected chi connectivity index (χ0v) is 15.5. The monoisotopic (exact) mass is 367 g/mol. The van der Waals surface area contributed by atoms with Gasteiger partial charge in [-0.2, -0.15) is 0 Å². The van der Waals surface area contributed by atoms with E-state index >= 15 is 0 Å². The van der Waals surface area contributed by atoms with Crippen LogP contribution in [-0.4, -0.2) is 43.5 Å². The van der Waals surface area contributed by atoms with Gasteiger partial charge in [0.25, 0.3) is 5.91 Å². The third-order valence-electron chi connectivity index (χ3n) is 4.61. The van der Waals surface area contributed by atoms with Crippen molar-refractivity contribution in [2.24, 2.45) is 0 Å². The van der Waals surface area contributed by atoms with Crippen molar-refractivity contribution < 1.29 is 14.3 Å². The molecule has 0 unspecified atom stereocenters. The second-order valence-corrected chi connectivity index (χ2v) is 6.61. The number of carbonyl (C=O) groups is 2. The highest BCUT2D eigenvalue weighted by molar-refractivity contribution is 6.10. The third kappa shape index (κ3) is 5.31. The second kappa shape index (κ2) is 9.19. The number of ether oxygens (including phenoxy) is 1. The normalized spacial score (nSPS) is 14.4. The molecule has 0 radical (unpaired) electrons. The highest BCUT2D eigenvalue weighted by Crippen LogP contribution is 2.19. The van der Waals surface area contributed by atoms with Gasteiger partial charge in [0.2, 0.25) is 5.91 Å². The van der Waals surface area contributed by atoms with Gasteiger partial charge in [0.1, 0.15) is 5.75 Å². The van der Waals surface area contributed by atoms with E-state index in [9.17, 15) is 9.59 Å². The molecule has 1 saturated heterocycles. The number of hydrogen-bond donors (Lipinski definition) is 2. The topological polar surface area (TPSA) is 70.7 Å². The predicted octanol–water partition coefficient (Wildman–Crippen LogP) is 3.37. The molecule has 0 aliphatic carbocycles. The minimum Gasteiger partial charge on any atom is -0.497 e. The lowest BCUT2D eigenvalue weighted by Gasteiger charge is -2.25. The quantitative estimate of drug-likeness (QED) is 0.821. The van der Waals surface area contributed by atoms with E-state index < -0.39 is 0 Å². The van der Waals surface area contributed by atoms with Gasteiger partial charge in [0, 0.05) is 5.69 Å². The maximum Gasteiger partial charge on any atom is 0.257 e. The number of methoxy groups -OCH3 is 1. The standard InChI is InChI=1S/C21H25N3O3/c1-27-17-11-9-16(10-12-17)22-21(26)18-7-3-4-8-19(18)23-20(25)15-24-13-5-2-6-14-24/h3-4,7-12H,2,5-6,13-15H2,1H3,(H,22,26)(H,23,25). The fourth-order valence-corrected chi connectivity index (χ4v) is 3.17. The van der Waals surface area contributed by atoms with Crippen LogP contribution in [0.5, 0.6) is 5.75 Å². The van der Waals surface area contributed by atoms with Crippen molar-refractivity contribution in [3.63, 3.8) is 0 Å². The van der Waals surface area contributed by atoms with Gasteiger partial charge in [0.15, 0.2) is 0 Å². The molecule has 6 heteroatoms. The van der Waals surface area contributed by atoms with E-state index in [1.54, 1.807) is 55.6 Å². The summed E-state index contributed by atoms with van der Waals surface area (Å²) < 4.78 is 5.12. The molecule has 1 aliphatic rings. The van der Waals surface area contributed by atoms with Crippen LogP contribution >= 0.6 is 0 Å². The summed E-state index contributed by atoms with van der Waals surface area (Å²) in [6, 6.07) is 14.1. The molecule has 2 N–H and O–H groups in total. The van der Waals surface area contributed by atoms with Gasteiger partial charge in [-0.05, 0) is 62.3 Å². The zero-order valence-electron chi connectivity index (χ0n) is 15.5. The van der Waals surface area contributed by atoms with Crippen LogP contribution in [0.15, 0.2) is 48.5 Å². The first-order valence-electron chi connectivity index (χ1n) is 9.22. The van der Waals surface area contributed by atoms with Gasteiger partial charge in [-0.25, -0.2) is 0 Å². The van der Waals surface area contributed by atoms with Gasteiger partial charge < -0.3 is 15.4 Å². The molecule has 2 aromatic rings. The van der Waals surface area contributed by atoms with Gasteiger partial charge in [0.05, 0.1) is 24.9 Å². The molecule has 0 spiro atoms. The van der Waals surface area contributed by atoms with Crippen LogP contribution in [0.3, 0.4) is 0 Å². The molecule has 27 heavy (non-hydrogen) atoms. The van der Waals surface area contributed by atoms with Crippen molar-refractivity contribution in [3.05, 3.63) is 54.1 Å². The number of para-hydroxylation sites is 1. The lowest BCUT2D eigenvalue weighted by atomic mass is 10.1. The Balaban J connectivity index is 1.65. The van der Waals surface area contributed by atoms with E-state index in [1.165, 1.54) is 6.42 Å². The molecule has 1 heterocycles. The van der Waals surface area contributed by atoms with Crippen molar-refractivity contribution in [3.8, 4) is 5.75 Å². The maximum absolute atomic E-state index is 12.7. The van der Waals surface area contributed by atoms with Crippen LogP contribution in [0.4, 0.5) is 11.4 Å². The van der Waals surface area contributed by atoms with Gasteiger partial charge >= 0.3 is 0 Å². The Labute approximate surface area is 159 Å². The molecule has 1 fully saturated rings. The van der Waals surface area contributed by atoms with Crippen LogP contribution in [-0.2, 0) is 4.79 Å². The largest absolute Gasteiger partial charge is 0.497 e. The fraction of sp³-hybridized carbons (Fsp3) is 0.333. The minimum atomic E-state index is -0.269. The first-order chi connectivity index (χ1) is 13.2. The summed E-state index contributed by atoms with van der Waals surface area (Å²) >= 11 is 0. The summed E-state index contributed by atoms with van der Waals surface area (Å²) in [4.78, 5) is 27.2. The van der Waals surface area contributed by atoms with E-state index in [-0.39, 0.29) is 11.8 Å². The Morgan fingerprint density at radius 3 is 2.37 bits per heavy atom. The number of nitrogens with zero attached hydrogens (tertiary/aromatic N) is 1. The molecular weight excluding hydrogens is 342 g/mol. The van der Waals surface area contributed by atoms with E-state index in [1.807, 2.05) is 0 Å². The number of anilines is 2. The minimum absolute atomic E-state index is 0.0957. The Morgan fingerprint density at radius 1 is 0.963 bits per heavy atom. The van der Waals surface area contributed by atoms with Gasteiger partial charge in [-0.1, -0.05) is 18.6 Å². The predicted molar refractivity (Wildman–Crippen MR) is 106 cm³/mol. The zero-order chi connectivity index (χ0) is 19.1. The summed E-state index contributed by atoms with van der Waals surface area (Å²) in [6.07, 6.45) is 3.49. The lowest BCUT2D eigenvalue weighted by molar-refractivity contribution is -0.117. The molecule has 2 amide bonds. The first kappa shape index (κ1) is 18.9.